The Hall–Kier alpha value is -2.80. The molecule has 4 rings (SSSR count). The van der Waals surface area contributed by atoms with Crippen molar-refractivity contribution in [2.75, 3.05) is 0 Å². The molecule has 2 heterocycles. The number of fused-ring (bicyclic) bond motifs is 2. The number of H-pyrrole nitrogens is 1. The van der Waals surface area contributed by atoms with Crippen LogP contribution in [0.4, 0.5) is 10.8 Å². The number of aromatic hydroxyl groups is 1. The number of benzene rings is 2. The summed E-state index contributed by atoms with van der Waals surface area (Å²) in [6, 6.07) is 10.8. The van der Waals surface area contributed by atoms with E-state index in [0.29, 0.717) is 5.69 Å². The average molecular weight is 310 g/mol. The van der Waals surface area contributed by atoms with Crippen LogP contribution in [0.1, 0.15) is 0 Å². The van der Waals surface area contributed by atoms with E-state index in [4.69, 9.17) is 0 Å². The van der Waals surface area contributed by atoms with Gasteiger partial charge in [-0.05, 0) is 46.8 Å². The predicted molar refractivity (Wildman–Crippen MR) is 84.9 cm³/mol. The molecule has 0 saturated carbocycles. The molecule has 0 saturated heterocycles. The Morgan fingerprint density at radius 1 is 1.18 bits per heavy atom. The lowest BCUT2D eigenvalue weighted by molar-refractivity contribution is -0.627. The highest BCUT2D eigenvalue weighted by Gasteiger charge is 2.17. The van der Waals surface area contributed by atoms with Crippen molar-refractivity contribution < 1.29 is 9.67 Å². The third kappa shape index (κ3) is 2.11. The smallest absolute Gasteiger partial charge is 0.409 e. The molecule has 0 fully saturated rings. The normalized spacial score (nSPS) is 11.9. The lowest BCUT2D eigenvalue weighted by Crippen LogP contribution is -2.25. The molecular weight excluding hydrogens is 298 g/mol. The molecule has 0 unspecified atom stereocenters. The maximum Gasteiger partial charge on any atom is 0.409 e. The summed E-state index contributed by atoms with van der Waals surface area (Å²) in [4.78, 5) is 0. The van der Waals surface area contributed by atoms with Crippen molar-refractivity contribution in [2.24, 2.45) is 17.3 Å². The van der Waals surface area contributed by atoms with Gasteiger partial charge in [0.2, 0.25) is 0 Å². The van der Waals surface area contributed by atoms with E-state index in [2.05, 4.69) is 32.6 Å². The number of azo groups is 1. The van der Waals surface area contributed by atoms with Gasteiger partial charge in [0.05, 0.1) is 28.6 Å². The number of thiazole rings is 1. The van der Waals surface area contributed by atoms with Crippen molar-refractivity contribution in [3.63, 3.8) is 0 Å². The first-order valence-electron chi connectivity index (χ1n) is 6.67. The van der Waals surface area contributed by atoms with Gasteiger partial charge in [-0.25, -0.2) is 4.57 Å². The minimum Gasteiger partial charge on any atom is -0.508 e. The van der Waals surface area contributed by atoms with Crippen LogP contribution in [0.15, 0.2) is 52.8 Å². The SMILES string of the molecule is C[n+]1c(N=Nc2ccc(O)cc2)sc2cc3cn[nH]c3cc21. The first-order valence-corrected chi connectivity index (χ1v) is 7.49. The summed E-state index contributed by atoms with van der Waals surface area (Å²) in [6.45, 7) is 0. The number of phenols is 1. The van der Waals surface area contributed by atoms with Gasteiger partial charge in [-0.15, -0.1) is 0 Å². The standard InChI is InChI=1S/C15H11N5OS/c1-20-13-7-12-9(8-16-18-12)6-14(13)22-15(20)19-17-10-2-4-11(21)5-3-10/h2-8H,1H3,(H,16,18)/p+1. The fourth-order valence-electron chi connectivity index (χ4n) is 2.28. The number of nitrogens with zero attached hydrogens (tertiary/aromatic N) is 4. The quantitative estimate of drug-likeness (QED) is 0.437. The zero-order valence-corrected chi connectivity index (χ0v) is 12.5. The predicted octanol–water partition coefficient (Wildman–Crippen LogP) is 3.72. The van der Waals surface area contributed by atoms with Crippen LogP contribution >= 0.6 is 11.3 Å². The average Bonchev–Trinajstić information content (AvgIpc) is 3.09. The van der Waals surface area contributed by atoms with Crippen molar-refractivity contribution in [3.05, 3.63) is 42.6 Å². The third-order valence-electron chi connectivity index (χ3n) is 3.47. The zero-order valence-electron chi connectivity index (χ0n) is 11.7. The van der Waals surface area contributed by atoms with Gasteiger partial charge < -0.3 is 5.11 Å². The van der Waals surface area contributed by atoms with Crippen molar-refractivity contribution >= 4 is 43.3 Å². The molecule has 0 atom stereocenters. The molecule has 4 aromatic rings. The maximum atomic E-state index is 9.27. The van der Waals surface area contributed by atoms with E-state index in [0.717, 1.165) is 26.3 Å². The molecule has 0 aliphatic carbocycles. The van der Waals surface area contributed by atoms with Gasteiger partial charge in [0.15, 0.2) is 0 Å². The van der Waals surface area contributed by atoms with E-state index >= 15 is 0 Å². The Morgan fingerprint density at radius 2 is 2.00 bits per heavy atom. The molecule has 7 heteroatoms. The van der Waals surface area contributed by atoms with E-state index in [-0.39, 0.29) is 5.75 Å². The molecular formula is C15H12N5OS+. The molecule has 2 aromatic heterocycles. The summed E-state index contributed by atoms with van der Waals surface area (Å²) in [5.74, 6) is 0.218. The fraction of sp³-hybridized carbons (Fsp3) is 0.0667. The summed E-state index contributed by atoms with van der Waals surface area (Å²) in [6.07, 6.45) is 1.81. The highest BCUT2D eigenvalue weighted by molar-refractivity contribution is 7.21. The first kappa shape index (κ1) is 12.9. The molecule has 0 amide bonds. The Balaban J connectivity index is 1.77. The highest BCUT2D eigenvalue weighted by atomic mass is 32.1. The Kier molecular flexibility index (Phi) is 2.87. The van der Waals surface area contributed by atoms with Crippen LogP contribution in [0.5, 0.6) is 5.75 Å². The number of aromatic amines is 1. The van der Waals surface area contributed by atoms with Gasteiger partial charge in [-0.2, -0.15) is 5.10 Å². The Morgan fingerprint density at radius 3 is 2.82 bits per heavy atom. The second-order valence-corrected chi connectivity index (χ2v) is 5.95. The number of hydrogen-bond acceptors (Lipinski definition) is 5. The summed E-state index contributed by atoms with van der Waals surface area (Å²) in [5, 5.41) is 26.7. The maximum absolute atomic E-state index is 9.27. The van der Waals surface area contributed by atoms with Crippen LogP contribution in [-0.4, -0.2) is 15.3 Å². The number of nitrogens with one attached hydrogen (secondary N) is 1. The number of rotatable bonds is 2. The molecule has 0 spiro atoms. The largest absolute Gasteiger partial charge is 0.508 e. The van der Waals surface area contributed by atoms with Gasteiger partial charge >= 0.3 is 5.13 Å². The molecule has 108 valence electrons. The third-order valence-corrected chi connectivity index (χ3v) is 4.55. The van der Waals surface area contributed by atoms with Gasteiger partial charge in [-0.1, -0.05) is 0 Å². The molecule has 0 aliphatic rings. The molecule has 2 aromatic carbocycles. The summed E-state index contributed by atoms with van der Waals surface area (Å²) < 4.78 is 3.14. The number of aromatic nitrogens is 3. The van der Waals surface area contributed by atoms with Crippen molar-refractivity contribution in [2.45, 2.75) is 0 Å². The van der Waals surface area contributed by atoms with E-state index < -0.39 is 0 Å². The van der Waals surface area contributed by atoms with Gasteiger partial charge in [0, 0.05) is 11.5 Å². The van der Waals surface area contributed by atoms with Gasteiger partial charge in [-0.3, -0.25) is 5.10 Å². The molecule has 22 heavy (non-hydrogen) atoms. The van der Waals surface area contributed by atoms with Crippen molar-refractivity contribution in [1.29, 1.82) is 0 Å². The van der Waals surface area contributed by atoms with Crippen molar-refractivity contribution in [1.82, 2.24) is 10.2 Å². The fourth-order valence-corrected chi connectivity index (χ4v) is 3.28. The highest BCUT2D eigenvalue weighted by Crippen LogP contribution is 2.30. The van der Waals surface area contributed by atoms with E-state index in [1.165, 1.54) is 0 Å². The summed E-state index contributed by atoms with van der Waals surface area (Å²) in [5.41, 5.74) is 2.79. The van der Waals surface area contributed by atoms with Crippen LogP contribution in [0.3, 0.4) is 0 Å². The van der Waals surface area contributed by atoms with Crippen molar-refractivity contribution in [3.8, 4) is 5.75 Å². The van der Waals surface area contributed by atoms with Crippen LogP contribution in [0.25, 0.3) is 21.1 Å². The van der Waals surface area contributed by atoms with Crippen LogP contribution in [0.2, 0.25) is 0 Å². The topological polar surface area (TPSA) is 77.5 Å². The molecule has 6 nitrogen and oxygen atoms in total. The van der Waals surface area contributed by atoms with E-state index in [1.807, 2.05) is 17.8 Å². The number of phenolic OH excluding ortho intramolecular Hbond substituents is 1. The van der Waals surface area contributed by atoms with Crippen LogP contribution < -0.4 is 4.57 Å². The Labute approximate surface area is 129 Å². The summed E-state index contributed by atoms with van der Waals surface area (Å²) in [7, 11) is 1.96. The minimum absolute atomic E-state index is 0.218. The van der Waals surface area contributed by atoms with E-state index in [9.17, 15) is 5.11 Å². The second kappa shape index (κ2) is 4.88. The minimum atomic E-state index is 0.218. The molecule has 0 bridgehead atoms. The lowest BCUT2D eigenvalue weighted by atomic mass is 10.2. The summed E-state index contributed by atoms with van der Waals surface area (Å²) >= 11 is 1.58. The van der Waals surface area contributed by atoms with Gasteiger partial charge in [0.25, 0.3) is 0 Å². The zero-order chi connectivity index (χ0) is 15.1. The van der Waals surface area contributed by atoms with Crippen LogP contribution in [-0.2, 0) is 7.05 Å². The molecule has 2 N–H and O–H groups in total. The molecule has 0 radical (unpaired) electrons. The first-order chi connectivity index (χ1) is 10.7. The molecule has 0 aliphatic heterocycles. The number of hydrogen-bond donors (Lipinski definition) is 2. The monoisotopic (exact) mass is 310 g/mol. The lowest BCUT2D eigenvalue weighted by Gasteiger charge is -1.90. The second-order valence-electron chi connectivity index (χ2n) is 4.94. The van der Waals surface area contributed by atoms with E-state index in [1.54, 1.807) is 35.6 Å². The van der Waals surface area contributed by atoms with Gasteiger partial charge in [0.1, 0.15) is 17.0 Å². The van der Waals surface area contributed by atoms with Crippen LogP contribution in [0, 0.1) is 0 Å². The Bertz CT molecular complexity index is 1000. The number of aryl methyl sites for hydroxylation is 1.